The van der Waals surface area contributed by atoms with E-state index >= 15 is 0 Å². The molecule has 2 aromatic rings. The van der Waals surface area contributed by atoms with Crippen molar-refractivity contribution in [2.45, 2.75) is 12.8 Å². The lowest BCUT2D eigenvalue weighted by Crippen LogP contribution is -1.98. The molecule has 19 heavy (non-hydrogen) atoms. The maximum atomic E-state index is 13.5. The quantitative estimate of drug-likeness (QED) is 0.884. The van der Waals surface area contributed by atoms with Gasteiger partial charge in [-0.1, -0.05) is 11.6 Å². The van der Waals surface area contributed by atoms with Crippen LogP contribution in [0, 0.1) is 5.82 Å². The molecule has 0 atom stereocenters. The molecular weight excluding hydrogens is 291 g/mol. The smallest absolute Gasteiger partial charge is 0.303 e. The number of aryl methyl sites for hydroxylation is 1. The molecular formula is C12H10ClFN2O2S. The highest BCUT2D eigenvalue weighted by atomic mass is 35.5. The summed E-state index contributed by atoms with van der Waals surface area (Å²) in [6, 6.07) is 4.20. The number of anilines is 2. The number of nitrogens with zero attached hydrogens (tertiary/aromatic N) is 1. The highest BCUT2D eigenvalue weighted by molar-refractivity contribution is 7.13. The van der Waals surface area contributed by atoms with E-state index in [0.717, 1.165) is 0 Å². The zero-order chi connectivity index (χ0) is 13.8. The van der Waals surface area contributed by atoms with Gasteiger partial charge in [0.15, 0.2) is 5.13 Å². The lowest BCUT2D eigenvalue weighted by Gasteiger charge is -2.04. The minimum Gasteiger partial charge on any atom is -0.481 e. The predicted molar refractivity (Wildman–Crippen MR) is 72.8 cm³/mol. The Morgan fingerprint density at radius 1 is 1.53 bits per heavy atom. The molecule has 0 radical (unpaired) electrons. The number of hydrogen-bond donors (Lipinski definition) is 2. The Kier molecular flexibility index (Phi) is 4.34. The molecule has 0 saturated carbocycles. The van der Waals surface area contributed by atoms with E-state index in [1.54, 1.807) is 5.38 Å². The van der Waals surface area contributed by atoms with Gasteiger partial charge in [-0.15, -0.1) is 11.3 Å². The van der Waals surface area contributed by atoms with E-state index in [1.807, 2.05) is 0 Å². The van der Waals surface area contributed by atoms with Gasteiger partial charge < -0.3 is 10.4 Å². The minimum absolute atomic E-state index is 0.0225. The number of carbonyl (C=O) groups is 1. The molecule has 4 nitrogen and oxygen atoms in total. The Morgan fingerprint density at radius 2 is 2.32 bits per heavy atom. The van der Waals surface area contributed by atoms with E-state index in [2.05, 4.69) is 10.3 Å². The lowest BCUT2D eigenvalue weighted by atomic mass is 10.2. The summed E-state index contributed by atoms with van der Waals surface area (Å²) in [6.07, 6.45) is 0.375. The number of nitrogens with one attached hydrogen (secondary N) is 1. The van der Waals surface area contributed by atoms with Crippen LogP contribution in [0.5, 0.6) is 0 Å². The van der Waals surface area contributed by atoms with E-state index in [-0.39, 0.29) is 12.1 Å². The summed E-state index contributed by atoms with van der Waals surface area (Å²) in [6.45, 7) is 0. The zero-order valence-corrected chi connectivity index (χ0v) is 11.3. The first-order chi connectivity index (χ1) is 9.04. The molecule has 0 amide bonds. The van der Waals surface area contributed by atoms with Crippen molar-refractivity contribution in [2.75, 3.05) is 5.32 Å². The molecule has 7 heteroatoms. The second-order valence-corrected chi connectivity index (χ2v) is 5.08. The van der Waals surface area contributed by atoms with Gasteiger partial charge in [0.1, 0.15) is 5.82 Å². The van der Waals surface area contributed by atoms with Crippen LogP contribution < -0.4 is 5.32 Å². The first-order valence-corrected chi connectivity index (χ1v) is 6.68. The number of benzene rings is 1. The van der Waals surface area contributed by atoms with Crippen molar-refractivity contribution in [3.05, 3.63) is 40.1 Å². The number of aromatic nitrogens is 1. The number of rotatable bonds is 5. The molecule has 0 aliphatic heterocycles. The number of carboxylic acid groups (broad SMARTS) is 1. The van der Waals surface area contributed by atoms with Gasteiger partial charge >= 0.3 is 5.97 Å². The molecule has 0 saturated heterocycles. The Labute approximate surface area is 117 Å². The van der Waals surface area contributed by atoms with E-state index in [1.165, 1.54) is 29.5 Å². The van der Waals surface area contributed by atoms with Crippen molar-refractivity contribution in [2.24, 2.45) is 0 Å². The van der Waals surface area contributed by atoms with Gasteiger partial charge in [-0.05, 0) is 18.2 Å². The molecule has 1 aromatic carbocycles. The SMILES string of the molecule is O=C(O)CCc1csc(Nc2cc(Cl)ccc2F)n1. The third-order valence-electron chi connectivity index (χ3n) is 2.32. The summed E-state index contributed by atoms with van der Waals surface area (Å²) in [7, 11) is 0. The largest absolute Gasteiger partial charge is 0.481 e. The van der Waals surface area contributed by atoms with Crippen molar-refractivity contribution in [1.29, 1.82) is 0 Å². The molecule has 0 spiro atoms. The second-order valence-electron chi connectivity index (χ2n) is 3.79. The molecule has 100 valence electrons. The molecule has 0 aliphatic carbocycles. The molecule has 0 aliphatic rings. The Hall–Kier alpha value is -1.66. The van der Waals surface area contributed by atoms with Gasteiger partial charge in [0.25, 0.3) is 0 Å². The lowest BCUT2D eigenvalue weighted by molar-refractivity contribution is -0.136. The Bertz CT molecular complexity index is 603. The maximum Gasteiger partial charge on any atom is 0.303 e. The van der Waals surface area contributed by atoms with E-state index < -0.39 is 11.8 Å². The monoisotopic (exact) mass is 300 g/mol. The van der Waals surface area contributed by atoms with E-state index in [9.17, 15) is 9.18 Å². The number of hydrogen-bond acceptors (Lipinski definition) is 4. The fourth-order valence-electron chi connectivity index (χ4n) is 1.42. The fourth-order valence-corrected chi connectivity index (χ4v) is 2.35. The summed E-state index contributed by atoms with van der Waals surface area (Å²) in [5, 5.41) is 14.1. The molecule has 2 N–H and O–H groups in total. The van der Waals surface area contributed by atoms with Crippen molar-refractivity contribution in [3.63, 3.8) is 0 Å². The number of thiazole rings is 1. The summed E-state index contributed by atoms with van der Waals surface area (Å²) < 4.78 is 13.5. The number of aliphatic carboxylic acids is 1. The average molecular weight is 301 g/mol. The van der Waals surface area contributed by atoms with Gasteiger partial charge in [-0.25, -0.2) is 9.37 Å². The topological polar surface area (TPSA) is 62.2 Å². The van der Waals surface area contributed by atoms with Crippen molar-refractivity contribution in [1.82, 2.24) is 4.98 Å². The Morgan fingerprint density at radius 3 is 3.05 bits per heavy atom. The minimum atomic E-state index is -0.872. The molecule has 1 heterocycles. The summed E-state index contributed by atoms with van der Waals surface area (Å²) in [4.78, 5) is 14.6. The average Bonchev–Trinajstić information content (AvgIpc) is 2.79. The maximum absolute atomic E-state index is 13.5. The van der Waals surface area contributed by atoms with E-state index in [0.29, 0.717) is 22.3 Å². The number of carboxylic acids is 1. The third kappa shape index (κ3) is 3.90. The zero-order valence-electron chi connectivity index (χ0n) is 9.69. The molecule has 0 unspecified atom stereocenters. The van der Waals surface area contributed by atoms with Crippen LogP contribution in [0.2, 0.25) is 5.02 Å². The normalized spacial score (nSPS) is 10.4. The summed E-state index contributed by atoms with van der Waals surface area (Å²) >= 11 is 7.07. The van der Waals surface area contributed by atoms with Crippen LogP contribution in [0.15, 0.2) is 23.6 Å². The van der Waals surface area contributed by atoms with Crippen LogP contribution in [-0.4, -0.2) is 16.1 Å². The fraction of sp³-hybridized carbons (Fsp3) is 0.167. The molecule has 0 fully saturated rings. The number of halogens is 2. The third-order valence-corrected chi connectivity index (χ3v) is 3.36. The first-order valence-electron chi connectivity index (χ1n) is 5.43. The standard InChI is InChI=1S/C12H10ClFN2O2S/c13-7-1-3-9(14)10(5-7)16-12-15-8(6-19-12)2-4-11(17)18/h1,3,5-6H,2,4H2,(H,15,16)(H,17,18). The van der Waals surface area contributed by atoms with Crippen molar-refractivity contribution < 1.29 is 14.3 Å². The van der Waals surface area contributed by atoms with Gasteiger partial charge in [-0.2, -0.15) is 0 Å². The van der Waals surface area contributed by atoms with E-state index in [4.69, 9.17) is 16.7 Å². The second kappa shape index (κ2) is 5.99. The Balaban J connectivity index is 2.07. The van der Waals surface area contributed by atoms with Crippen LogP contribution in [0.3, 0.4) is 0 Å². The van der Waals surface area contributed by atoms with Crippen LogP contribution in [0.4, 0.5) is 15.2 Å². The van der Waals surface area contributed by atoms with Crippen LogP contribution in [-0.2, 0) is 11.2 Å². The van der Waals surface area contributed by atoms with Crippen molar-refractivity contribution >= 4 is 39.7 Å². The highest BCUT2D eigenvalue weighted by Gasteiger charge is 2.08. The van der Waals surface area contributed by atoms with Gasteiger partial charge in [0, 0.05) is 16.8 Å². The van der Waals surface area contributed by atoms with Crippen LogP contribution in [0.1, 0.15) is 12.1 Å². The van der Waals surface area contributed by atoms with Crippen molar-refractivity contribution in [3.8, 4) is 0 Å². The highest BCUT2D eigenvalue weighted by Crippen LogP contribution is 2.25. The van der Waals surface area contributed by atoms with Crippen LogP contribution >= 0.6 is 22.9 Å². The first kappa shape index (κ1) is 13.8. The van der Waals surface area contributed by atoms with Gasteiger partial charge in [0.05, 0.1) is 17.8 Å². The summed E-state index contributed by atoms with van der Waals surface area (Å²) in [5.74, 6) is -1.30. The molecule has 0 bridgehead atoms. The molecule has 1 aromatic heterocycles. The van der Waals surface area contributed by atoms with Gasteiger partial charge in [-0.3, -0.25) is 4.79 Å². The molecule has 2 rings (SSSR count). The van der Waals surface area contributed by atoms with Gasteiger partial charge in [0.2, 0.25) is 0 Å². The predicted octanol–water partition coefficient (Wildman–Crippen LogP) is 3.70. The van der Waals surface area contributed by atoms with Crippen LogP contribution in [0.25, 0.3) is 0 Å². The summed E-state index contributed by atoms with van der Waals surface area (Å²) in [5.41, 5.74) is 0.906.